The molecule has 0 fully saturated rings. The van der Waals surface area contributed by atoms with Crippen LogP contribution in [0.25, 0.3) is 11.4 Å². The Morgan fingerprint density at radius 2 is 1.83 bits per heavy atom. The fourth-order valence-electron chi connectivity index (χ4n) is 3.79. The van der Waals surface area contributed by atoms with Crippen molar-refractivity contribution in [2.24, 2.45) is 12.8 Å². The van der Waals surface area contributed by atoms with Crippen molar-refractivity contribution in [1.29, 1.82) is 5.41 Å². The molecule has 2 heterocycles. The zero-order valence-corrected chi connectivity index (χ0v) is 21.9. The lowest BCUT2D eigenvalue weighted by atomic mass is 10.2. The monoisotopic (exact) mass is 567 g/mol. The van der Waals surface area contributed by atoms with E-state index in [9.17, 15) is 9.90 Å². The number of hydrogen-bond acceptors (Lipinski definition) is 8. The number of nitrogen functional groups attached to an aromatic ring is 1. The smallest absolute Gasteiger partial charge is 0.303 e. The van der Waals surface area contributed by atoms with Crippen molar-refractivity contribution in [1.82, 2.24) is 14.5 Å². The number of aromatic hydroxyl groups is 1. The fourth-order valence-corrected chi connectivity index (χ4v) is 3.79. The van der Waals surface area contributed by atoms with E-state index < -0.39 is 40.9 Å². The van der Waals surface area contributed by atoms with E-state index in [-0.39, 0.29) is 35.9 Å². The number of imidazole rings is 1. The van der Waals surface area contributed by atoms with Crippen molar-refractivity contribution in [3.8, 4) is 46.1 Å². The number of aliphatic carboxylic acids is 1. The minimum atomic E-state index is -1.30. The third-order valence-corrected chi connectivity index (χ3v) is 5.86. The van der Waals surface area contributed by atoms with Crippen molar-refractivity contribution >= 4 is 11.8 Å². The zero-order valence-electron chi connectivity index (χ0n) is 21.9. The maximum absolute atomic E-state index is 15.5. The van der Waals surface area contributed by atoms with Crippen molar-refractivity contribution < 1.29 is 38.0 Å². The lowest BCUT2D eigenvalue weighted by Gasteiger charge is -2.15. The van der Waals surface area contributed by atoms with Crippen LogP contribution in [0.15, 0.2) is 54.9 Å². The van der Waals surface area contributed by atoms with Crippen LogP contribution in [0.4, 0.5) is 8.78 Å². The van der Waals surface area contributed by atoms with E-state index in [1.54, 1.807) is 41.2 Å². The van der Waals surface area contributed by atoms with Crippen molar-refractivity contribution in [3.63, 3.8) is 0 Å². The van der Waals surface area contributed by atoms with E-state index in [2.05, 4.69) is 9.97 Å². The second-order valence-electron chi connectivity index (χ2n) is 8.92. The molecule has 0 saturated carbocycles. The van der Waals surface area contributed by atoms with Crippen LogP contribution in [0.5, 0.6) is 34.8 Å². The number of nitrogens with zero attached hydrogens (tertiary/aromatic N) is 3. The number of carboxylic acid groups (broad SMARTS) is 1. The molecule has 0 saturated heterocycles. The number of benzene rings is 2. The largest absolute Gasteiger partial charge is 0.504 e. The highest BCUT2D eigenvalue weighted by Gasteiger charge is 2.26. The van der Waals surface area contributed by atoms with E-state index in [1.807, 2.05) is 7.05 Å². The number of hydrogen-bond donors (Lipinski definition) is 4. The van der Waals surface area contributed by atoms with Gasteiger partial charge in [-0.2, -0.15) is 13.8 Å². The summed E-state index contributed by atoms with van der Waals surface area (Å²) in [5.74, 6) is -5.97. The van der Waals surface area contributed by atoms with E-state index in [0.717, 1.165) is 0 Å². The van der Waals surface area contributed by atoms with Crippen LogP contribution in [0, 0.1) is 17.0 Å². The molecule has 4 rings (SSSR count). The fraction of sp³-hybridized carbons (Fsp3) is 0.214. The number of pyridine rings is 1. The van der Waals surface area contributed by atoms with Gasteiger partial charge in [-0.1, -0.05) is 12.1 Å². The summed E-state index contributed by atoms with van der Waals surface area (Å²) in [7, 11) is 1.81. The molecule has 11 nitrogen and oxygen atoms in total. The zero-order chi connectivity index (χ0) is 29.5. The molecule has 0 aliphatic rings. The van der Waals surface area contributed by atoms with Gasteiger partial charge in [-0.05, 0) is 49.6 Å². The van der Waals surface area contributed by atoms with E-state index in [1.165, 1.54) is 18.2 Å². The number of nitrogens with two attached hydrogens (primary N) is 1. The van der Waals surface area contributed by atoms with Gasteiger partial charge in [0.25, 0.3) is 11.8 Å². The Morgan fingerprint density at radius 3 is 2.51 bits per heavy atom. The number of ether oxygens (including phenoxy) is 3. The van der Waals surface area contributed by atoms with Crippen LogP contribution < -0.4 is 19.9 Å². The van der Waals surface area contributed by atoms with Gasteiger partial charge in [0.1, 0.15) is 17.4 Å². The van der Waals surface area contributed by atoms with Gasteiger partial charge in [-0.15, -0.1) is 0 Å². The molecule has 0 amide bonds. The summed E-state index contributed by atoms with van der Waals surface area (Å²) >= 11 is 0. The van der Waals surface area contributed by atoms with Crippen LogP contribution in [0.2, 0.25) is 0 Å². The summed E-state index contributed by atoms with van der Waals surface area (Å²) in [5.41, 5.74) is 6.35. The first-order valence-electron chi connectivity index (χ1n) is 12.5. The molecule has 0 atom stereocenters. The van der Waals surface area contributed by atoms with Gasteiger partial charge in [0.05, 0.1) is 6.61 Å². The Labute approximate surface area is 233 Å². The number of aromatic nitrogens is 3. The quantitative estimate of drug-likeness (QED) is 0.0945. The Balaban J connectivity index is 1.67. The normalized spacial score (nSPS) is 10.8. The van der Waals surface area contributed by atoms with E-state index in [0.29, 0.717) is 30.7 Å². The van der Waals surface area contributed by atoms with Gasteiger partial charge in [0.2, 0.25) is 17.4 Å². The second kappa shape index (κ2) is 12.8. The molecule has 13 heteroatoms. The Hall–Kier alpha value is -5.20. The predicted molar refractivity (Wildman–Crippen MR) is 144 cm³/mol. The van der Waals surface area contributed by atoms with Crippen LogP contribution >= 0.6 is 0 Å². The number of rotatable bonds is 13. The van der Waals surface area contributed by atoms with Gasteiger partial charge >= 0.3 is 5.97 Å². The molecule has 2 aromatic carbocycles. The first-order valence-corrected chi connectivity index (χ1v) is 12.5. The lowest BCUT2D eigenvalue weighted by Crippen LogP contribution is -2.11. The average Bonchev–Trinajstić information content (AvgIpc) is 3.37. The summed E-state index contributed by atoms with van der Waals surface area (Å²) in [6, 6.07) is 10.3. The number of amidine groups is 1. The molecule has 0 aliphatic carbocycles. The number of carbonyl (C=O) groups is 1. The molecular formula is C28H27F2N5O6. The van der Waals surface area contributed by atoms with Crippen molar-refractivity contribution in [2.45, 2.75) is 25.7 Å². The summed E-state index contributed by atoms with van der Waals surface area (Å²) in [4.78, 5) is 18.8. The Bertz CT molecular complexity index is 1580. The average molecular weight is 568 g/mol. The molecule has 0 aliphatic heterocycles. The maximum Gasteiger partial charge on any atom is 0.303 e. The third-order valence-electron chi connectivity index (χ3n) is 5.86. The Morgan fingerprint density at radius 1 is 1.07 bits per heavy atom. The Kier molecular flexibility index (Phi) is 8.97. The summed E-state index contributed by atoms with van der Waals surface area (Å²) < 4.78 is 49.3. The molecule has 0 radical (unpaired) electrons. The van der Waals surface area contributed by atoms with Crippen molar-refractivity contribution in [2.75, 3.05) is 6.61 Å². The first-order chi connectivity index (χ1) is 19.6. The minimum Gasteiger partial charge on any atom is -0.504 e. The number of phenolic OH excluding ortho intramolecular Hbond substituents is 1. The number of nitrogens with one attached hydrogen (secondary N) is 1. The van der Waals surface area contributed by atoms with Gasteiger partial charge in [0, 0.05) is 37.0 Å². The number of unbranched alkanes of at least 4 members (excludes halogenated alkanes) is 2. The van der Waals surface area contributed by atoms with Crippen LogP contribution in [-0.4, -0.2) is 43.2 Å². The van der Waals surface area contributed by atoms with E-state index >= 15 is 8.78 Å². The SMILES string of the molecule is Cn1ccnc1-c1cccc(Oc2nc(Oc3cc(C(=N)N)ccc3O)c(F)c(OCCCCCC(=O)O)c2F)c1. The van der Waals surface area contributed by atoms with Gasteiger partial charge in [0.15, 0.2) is 11.5 Å². The molecule has 0 unspecified atom stereocenters. The molecule has 5 N–H and O–H groups in total. The van der Waals surface area contributed by atoms with Gasteiger partial charge in [-0.25, -0.2) is 4.98 Å². The molecule has 4 aromatic rings. The molecule has 0 spiro atoms. The molecule has 0 bridgehead atoms. The highest BCUT2D eigenvalue weighted by molar-refractivity contribution is 5.95. The van der Waals surface area contributed by atoms with Crippen molar-refractivity contribution in [3.05, 3.63) is 72.1 Å². The molecular weight excluding hydrogens is 540 g/mol. The number of aryl methyl sites for hydroxylation is 1. The van der Waals surface area contributed by atoms with Crippen LogP contribution in [0.1, 0.15) is 31.2 Å². The number of carboxylic acids is 1. The second-order valence-corrected chi connectivity index (χ2v) is 8.92. The number of phenols is 1. The maximum atomic E-state index is 15.5. The van der Waals surface area contributed by atoms with Gasteiger partial charge in [-0.3, -0.25) is 10.2 Å². The summed E-state index contributed by atoms with van der Waals surface area (Å²) in [6.07, 6.45) is 4.51. The topological polar surface area (TPSA) is 166 Å². The van der Waals surface area contributed by atoms with Crippen LogP contribution in [-0.2, 0) is 11.8 Å². The molecule has 2 aromatic heterocycles. The minimum absolute atomic E-state index is 0.0336. The summed E-state index contributed by atoms with van der Waals surface area (Å²) in [6.45, 7) is -0.129. The molecule has 214 valence electrons. The predicted octanol–water partition coefficient (Wildman–Crippen LogP) is 5.36. The lowest BCUT2D eigenvalue weighted by molar-refractivity contribution is -0.137. The highest BCUT2D eigenvalue weighted by atomic mass is 19.1. The highest BCUT2D eigenvalue weighted by Crippen LogP contribution is 2.40. The number of halogens is 2. The third kappa shape index (κ3) is 7.06. The molecule has 41 heavy (non-hydrogen) atoms. The van der Waals surface area contributed by atoms with Crippen LogP contribution in [0.3, 0.4) is 0 Å². The van der Waals surface area contributed by atoms with E-state index in [4.69, 9.17) is 30.5 Å². The first kappa shape index (κ1) is 28.8. The summed E-state index contributed by atoms with van der Waals surface area (Å²) in [5, 5.41) is 26.6. The standard InChI is InChI=1S/C28H27F2N5O6/c1-35-12-11-33-26(35)17-6-5-7-18(14-17)40-27-22(29)24(39-13-4-2-3-8-21(37)38)23(30)28(34-27)41-20-15-16(25(31)32)9-10-19(20)36/h5-7,9-12,14-15,36H,2-4,8,13H2,1H3,(H3,31,32)(H,37,38). The van der Waals surface area contributed by atoms with Gasteiger partial charge < -0.3 is 34.7 Å².